The van der Waals surface area contributed by atoms with E-state index in [1.54, 1.807) is 31.4 Å². The Hall–Kier alpha value is -2.33. The molecule has 1 aliphatic carbocycles. The molecule has 0 saturated carbocycles. The Morgan fingerprint density at radius 2 is 2.05 bits per heavy atom. The largest absolute Gasteiger partial charge is 0.495 e. The molecule has 112 valence electrons. The van der Waals surface area contributed by atoms with E-state index in [0.717, 1.165) is 32.9 Å². The average Bonchev–Trinajstić information content (AvgIpc) is 2.96. The van der Waals surface area contributed by atoms with E-state index in [1.807, 2.05) is 41.8 Å². The fraction of sp³-hybridized carbons (Fsp3) is 0.167. The highest BCUT2D eigenvalue weighted by Crippen LogP contribution is 2.40. The predicted octanol–water partition coefficient (Wildman–Crippen LogP) is 4.20. The lowest BCUT2D eigenvalue weighted by Crippen LogP contribution is -2.02. The highest BCUT2D eigenvalue weighted by atomic mass is 32.1. The standard InChI is InChI=1S/C18H16O3S/c1-3-21-17(19)11-15-13-7-5-4-6-12(13)10-16(20-2)18-14(15)8-9-22-18/h4-11H,3H2,1-2H3/b15-11-. The lowest BCUT2D eigenvalue weighted by atomic mass is 9.96. The summed E-state index contributed by atoms with van der Waals surface area (Å²) in [6, 6.07) is 9.99. The SMILES string of the molecule is CCOC(=O)/C=C1/c2ccccc2C=C(OC)c2sccc21. The first-order chi connectivity index (χ1) is 10.7. The third-order valence-corrected chi connectivity index (χ3v) is 4.41. The van der Waals surface area contributed by atoms with Crippen LogP contribution in [0.25, 0.3) is 17.4 Å². The van der Waals surface area contributed by atoms with Crippen LogP contribution in [0.2, 0.25) is 0 Å². The molecule has 3 nitrogen and oxygen atoms in total. The van der Waals surface area contributed by atoms with Crippen molar-refractivity contribution >= 4 is 34.7 Å². The number of hydrogen-bond donors (Lipinski definition) is 0. The summed E-state index contributed by atoms with van der Waals surface area (Å²) < 4.78 is 10.6. The third kappa shape index (κ3) is 2.57. The molecule has 0 saturated heterocycles. The summed E-state index contributed by atoms with van der Waals surface area (Å²) in [6.45, 7) is 2.17. The lowest BCUT2D eigenvalue weighted by molar-refractivity contribution is -0.137. The number of methoxy groups -OCH3 is 1. The molecule has 1 heterocycles. The second-order valence-corrected chi connectivity index (χ2v) is 5.69. The van der Waals surface area contributed by atoms with Gasteiger partial charge in [0.05, 0.1) is 18.6 Å². The molecule has 0 fully saturated rings. The molecule has 0 amide bonds. The van der Waals surface area contributed by atoms with Crippen LogP contribution in [-0.2, 0) is 14.3 Å². The predicted molar refractivity (Wildman–Crippen MR) is 89.4 cm³/mol. The molecule has 0 unspecified atom stereocenters. The quantitative estimate of drug-likeness (QED) is 0.629. The van der Waals surface area contributed by atoms with Gasteiger partial charge in [-0.3, -0.25) is 0 Å². The molecule has 0 atom stereocenters. The monoisotopic (exact) mass is 312 g/mol. The van der Waals surface area contributed by atoms with Crippen LogP contribution in [0.15, 0.2) is 41.8 Å². The van der Waals surface area contributed by atoms with Gasteiger partial charge in [-0.15, -0.1) is 11.3 Å². The van der Waals surface area contributed by atoms with Gasteiger partial charge in [-0.1, -0.05) is 24.3 Å². The third-order valence-electron chi connectivity index (χ3n) is 3.49. The van der Waals surface area contributed by atoms with Gasteiger partial charge in [0.15, 0.2) is 0 Å². The zero-order valence-corrected chi connectivity index (χ0v) is 13.3. The summed E-state index contributed by atoms with van der Waals surface area (Å²) in [5.74, 6) is 0.482. The van der Waals surface area contributed by atoms with Crippen molar-refractivity contribution in [3.8, 4) is 0 Å². The number of hydrogen-bond acceptors (Lipinski definition) is 4. The van der Waals surface area contributed by atoms with Gasteiger partial charge >= 0.3 is 5.97 Å². The van der Waals surface area contributed by atoms with E-state index in [1.165, 1.54) is 0 Å². The summed E-state index contributed by atoms with van der Waals surface area (Å²) in [7, 11) is 1.66. The number of rotatable bonds is 3. The number of carbonyl (C=O) groups is 1. The maximum atomic E-state index is 12.0. The summed E-state index contributed by atoms with van der Waals surface area (Å²) in [5, 5.41) is 2.00. The van der Waals surface area contributed by atoms with Crippen LogP contribution in [0.4, 0.5) is 0 Å². The first-order valence-electron chi connectivity index (χ1n) is 7.06. The maximum absolute atomic E-state index is 12.0. The van der Waals surface area contributed by atoms with E-state index in [2.05, 4.69) is 0 Å². The number of ether oxygens (including phenoxy) is 2. The normalized spacial score (nSPS) is 14.6. The minimum absolute atomic E-state index is 0.328. The first kappa shape index (κ1) is 14.6. The van der Waals surface area contributed by atoms with Crippen LogP contribution >= 0.6 is 11.3 Å². The Morgan fingerprint density at radius 3 is 2.82 bits per heavy atom. The van der Waals surface area contributed by atoms with Gasteiger partial charge < -0.3 is 9.47 Å². The Balaban J connectivity index is 2.24. The number of esters is 1. The van der Waals surface area contributed by atoms with E-state index in [4.69, 9.17) is 9.47 Å². The molecule has 1 aliphatic rings. The van der Waals surface area contributed by atoms with Gasteiger partial charge in [-0.2, -0.15) is 0 Å². The number of thiophene rings is 1. The maximum Gasteiger partial charge on any atom is 0.331 e. The van der Waals surface area contributed by atoms with Crippen molar-refractivity contribution < 1.29 is 14.3 Å². The molecule has 2 aromatic rings. The molecular weight excluding hydrogens is 296 g/mol. The van der Waals surface area contributed by atoms with Crippen LogP contribution in [0.3, 0.4) is 0 Å². The van der Waals surface area contributed by atoms with Crippen molar-refractivity contribution in [3.63, 3.8) is 0 Å². The molecule has 0 radical (unpaired) electrons. The molecule has 4 heteroatoms. The van der Waals surface area contributed by atoms with Gasteiger partial charge in [0.2, 0.25) is 0 Å². The molecule has 0 bridgehead atoms. The van der Waals surface area contributed by atoms with Crippen molar-refractivity contribution in [3.05, 3.63) is 63.4 Å². The lowest BCUT2D eigenvalue weighted by Gasteiger charge is -2.09. The van der Waals surface area contributed by atoms with Crippen molar-refractivity contribution in [2.75, 3.05) is 13.7 Å². The Bertz CT molecular complexity index is 768. The highest BCUT2D eigenvalue weighted by molar-refractivity contribution is 7.11. The topological polar surface area (TPSA) is 35.5 Å². The number of fused-ring (bicyclic) bond motifs is 2. The van der Waals surface area contributed by atoms with Gasteiger partial charge in [-0.25, -0.2) is 4.79 Å². The molecule has 3 rings (SSSR count). The highest BCUT2D eigenvalue weighted by Gasteiger charge is 2.22. The van der Waals surface area contributed by atoms with E-state index in [-0.39, 0.29) is 5.97 Å². The second kappa shape index (κ2) is 6.20. The Kier molecular flexibility index (Phi) is 4.11. The molecule has 0 aliphatic heterocycles. The van der Waals surface area contributed by atoms with Crippen LogP contribution < -0.4 is 0 Å². The summed E-state index contributed by atoms with van der Waals surface area (Å²) in [4.78, 5) is 13.0. The molecule has 1 aromatic heterocycles. The smallest absolute Gasteiger partial charge is 0.331 e. The van der Waals surface area contributed by atoms with Gasteiger partial charge in [-0.05, 0) is 41.1 Å². The molecule has 22 heavy (non-hydrogen) atoms. The number of carbonyl (C=O) groups excluding carboxylic acids is 1. The molecular formula is C18H16O3S. The van der Waals surface area contributed by atoms with Gasteiger partial charge in [0.1, 0.15) is 5.76 Å². The van der Waals surface area contributed by atoms with Crippen molar-refractivity contribution in [1.29, 1.82) is 0 Å². The van der Waals surface area contributed by atoms with E-state index in [9.17, 15) is 4.79 Å². The zero-order chi connectivity index (χ0) is 15.5. The minimum Gasteiger partial charge on any atom is -0.495 e. The van der Waals surface area contributed by atoms with Crippen LogP contribution in [0.1, 0.15) is 28.5 Å². The van der Waals surface area contributed by atoms with Crippen molar-refractivity contribution in [1.82, 2.24) is 0 Å². The van der Waals surface area contributed by atoms with Gasteiger partial charge in [0.25, 0.3) is 0 Å². The first-order valence-corrected chi connectivity index (χ1v) is 7.94. The van der Waals surface area contributed by atoms with Gasteiger partial charge in [0, 0.05) is 11.6 Å². The van der Waals surface area contributed by atoms with Crippen LogP contribution in [0.5, 0.6) is 0 Å². The van der Waals surface area contributed by atoms with Crippen LogP contribution in [-0.4, -0.2) is 19.7 Å². The zero-order valence-electron chi connectivity index (χ0n) is 12.5. The fourth-order valence-electron chi connectivity index (χ4n) is 2.54. The Labute approximate surface area is 133 Å². The van der Waals surface area contributed by atoms with E-state index in [0.29, 0.717) is 6.61 Å². The second-order valence-electron chi connectivity index (χ2n) is 4.77. The Morgan fingerprint density at radius 1 is 1.23 bits per heavy atom. The fourth-order valence-corrected chi connectivity index (χ4v) is 3.44. The molecule has 1 aromatic carbocycles. The average molecular weight is 312 g/mol. The summed E-state index contributed by atoms with van der Waals surface area (Å²) >= 11 is 1.60. The van der Waals surface area contributed by atoms with Crippen LogP contribution in [0, 0.1) is 0 Å². The minimum atomic E-state index is -0.328. The van der Waals surface area contributed by atoms with Crippen molar-refractivity contribution in [2.45, 2.75) is 6.92 Å². The molecule has 0 N–H and O–H groups in total. The van der Waals surface area contributed by atoms with E-state index >= 15 is 0 Å². The van der Waals surface area contributed by atoms with E-state index < -0.39 is 0 Å². The number of benzene rings is 1. The summed E-state index contributed by atoms with van der Waals surface area (Å²) in [5.41, 5.74) is 3.89. The summed E-state index contributed by atoms with van der Waals surface area (Å²) in [6.07, 6.45) is 3.58. The molecule has 0 spiro atoms. The van der Waals surface area contributed by atoms with Crippen molar-refractivity contribution in [2.24, 2.45) is 0 Å².